The molecule has 0 heterocycles. The summed E-state index contributed by atoms with van der Waals surface area (Å²) in [5.41, 5.74) is -0.0359. The van der Waals surface area contributed by atoms with Gasteiger partial charge in [-0.15, -0.1) is 0 Å². The predicted molar refractivity (Wildman–Crippen MR) is 46.2 cm³/mol. The first kappa shape index (κ1) is 8.25. The first-order valence-corrected chi connectivity index (χ1v) is 3.94. The average Bonchev–Trinajstić information content (AvgIpc) is 2.35. The fourth-order valence-corrected chi connectivity index (χ4v) is 1.31. The van der Waals surface area contributed by atoms with Crippen molar-refractivity contribution < 1.29 is 4.79 Å². The Morgan fingerprint density at radius 2 is 1.82 bits per heavy atom. The molecule has 0 amide bonds. The molecule has 1 atom stereocenters. The van der Waals surface area contributed by atoms with Gasteiger partial charge in [-0.25, -0.2) is 0 Å². The van der Waals surface area contributed by atoms with Gasteiger partial charge in [0.2, 0.25) is 0 Å². The van der Waals surface area contributed by atoms with Crippen LogP contribution in [0.1, 0.15) is 20.8 Å². The van der Waals surface area contributed by atoms with E-state index in [1.54, 1.807) is 6.92 Å². The van der Waals surface area contributed by atoms with Crippen molar-refractivity contribution in [2.75, 3.05) is 0 Å². The highest BCUT2D eigenvalue weighted by Crippen LogP contribution is 2.34. The van der Waals surface area contributed by atoms with E-state index < -0.39 is 0 Å². The third-order valence-electron chi connectivity index (χ3n) is 2.56. The van der Waals surface area contributed by atoms with Crippen molar-refractivity contribution in [3.05, 3.63) is 24.3 Å². The van der Waals surface area contributed by atoms with E-state index in [1.807, 2.05) is 19.1 Å². The van der Waals surface area contributed by atoms with E-state index >= 15 is 0 Å². The van der Waals surface area contributed by atoms with Crippen molar-refractivity contribution >= 4 is 5.78 Å². The Morgan fingerprint density at radius 3 is 2.18 bits per heavy atom. The van der Waals surface area contributed by atoms with E-state index in [-0.39, 0.29) is 17.1 Å². The molecule has 11 heavy (non-hydrogen) atoms. The molecule has 0 aromatic rings. The van der Waals surface area contributed by atoms with Crippen molar-refractivity contribution in [3.8, 4) is 0 Å². The fourth-order valence-electron chi connectivity index (χ4n) is 1.31. The topological polar surface area (TPSA) is 17.1 Å². The summed E-state index contributed by atoms with van der Waals surface area (Å²) in [4.78, 5) is 11.1. The van der Waals surface area contributed by atoms with Gasteiger partial charge in [0.25, 0.3) is 0 Å². The number of Topliss-reactive ketones (excluding diaryl/α,β-unsaturated/α-hetero) is 1. The molecular formula is C10H14O. The lowest BCUT2D eigenvalue weighted by Gasteiger charge is -2.25. The van der Waals surface area contributed by atoms with E-state index in [1.165, 1.54) is 0 Å². The quantitative estimate of drug-likeness (QED) is 0.590. The lowest BCUT2D eigenvalue weighted by molar-refractivity contribution is -0.122. The Bertz CT molecular complexity index is 211. The minimum Gasteiger partial charge on any atom is -0.300 e. The molecule has 0 saturated heterocycles. The number of ketones is 1. The van der Waals surface area contributed by atoms with Crippen molar-refractivity contribution in [2.45, 2.75) is 20.8 Å². The normalized spacial score (nSPS) is 22.1. The van der Waals surface area contributed by atoms with Gasteiger partial charge in [0.15, 0.2) is 0 Å². The van der Waals surface area contributed by atoms with Gasteiger partial charge in [-0.3, -0.25) is 4.79 Å². The monoisotopic (exact) mass is 150 g/mol. The Hall–Kier alpha value is -0.850. The standard InChI is InChI=1S/C10H14O/c1-8(9(2)11)10(3)6-4-5-7-10/h4-8H,1-3H3. The molecular weight excluding hydrogens is 136 g/mol. The van der Waals surface area contributed by atoms with Gasteiger partial charge in [-0.1, -0.05) is 38.2 Å². The van der Waals surface area contributed by atoms with Crippen LogP contribution in [0.3, 0.4) is 0 Å². The highest BCUT2D eigenvalue weighted by atomic mass is 16.1. The molecule has 0 N–H and O–H groups in total. The second-order valence-electron chi connectivity index (χ2n) is 3.42. The van der Waals surface area contributed by atoms with Crippen molar-refractivity contribution in [1.82, 2.24) is 0 Å². The maximum atomic E-state index is 11.1. The summed E-state index contributed by atoms with van der Waals surface area (Å²) < 4.78 is 0. The molecule has 1 unspecified atom stereocenters. The van der Waals surface area contributed by atoms with Crippen LogP contribution in [-0.2, 0) is 4.79 Å². The molecule has 1 aliphatic carbocycles. The van der Waals surface area contributed by atoms with Crippen LogP contribution in [0.15, 0.2) is 24.3 Å². The number of hydrogen-bond acceptors (Lipinski definition) is 1. The van der Waals surface area contributed by atoms with E-state index in [0.29, 0.717) is 0 Å². The maximum absolute atomic E-state index is 11.1. The largest absolute Gasteiger partial charge is 0.300 e. The predicted octanol–water partition coefficient (Wildman–Crippen LogP) is 2.34. The molecule has 0 spiro atoms. The number of rotatable bonds is 2. The minimum atomic E-state index is -0.0359. The van der Waals surface area contributed by atoms with Gasteiger partial charge in [0.1, 0.15) is 5.78 Å². The highest BCUT2D eigenvalue weighted by Gasteiger charge is 2.29. The lowest BCUT2D eigenvalue weighted by atomic mass is 9.78. The van der Waals surface area contributed by atoms with Gasteiger partial charge >= 0.3 is 0 Å². The molecule has 1 heteroatoms. The molecule has 1 nitrogen and oxygen atoms in total. The number of hydrogen-bond donors (Lipinski definition) is 0. The Morgan fingerprint density at radius 1 is 1.36 bits per heavy atom. The second kappa shape index (κ2) is 2.65. The summed E-state index contributed by atoms with van der Waals surface area (Å²) in [5, 5.41) is 0. The number of carbonyl (C=O) groups is 1. The summed E-state index contributed by atoms with van der Waals surface area (Å²) in [7, 11) is 0. The summed E-state index contributed by atoms with van der Waals surface area (Å²) >= 11 is 0. The van der Waals surface area contributed by atoms with E-state index in [9.17, 15) is 4.79 Å². The van der Waals surface area contributed by atoms with E-state index in [4.69, 9.17) is 0 Å². The van der Waals surface area contributed by atoms with Crippen LogP contribution in [-0.4, -0.2) is 5.78 Å². The maximum Gasteiger partial charge on any atom is 0.133 e. The SMILES string of the molecule is CC(=O)C(C)C1(C)C=CC=C1. The van der Waals surface area contributed by atoms with Crippen LogP contribution in [0.2, 0.25) is 0 Å². The minimum absolute atomic E-state index is 0.0359. The summed E-state index contributed by atoms with van der Waals surface area (Å²) in [6.07, 6.45) is 8.16. The summed E-state index contributed by atoms with van der Waals surface area (Å²) in [6.45, 7) is 5.71. The zero-order chi connectivity index (χ0) is 8.48. The Kier molecular flexibility index (Phi) is 1.99. The Labute approximate surface area is 67.8 Å². The zero-order valence-corrected chi connectivity index (χ0v) is 7.29. The van der Waals surface area contributed by atoms with Crippen LogP contribution in [0.5, 0.6) is 0 Å². The van der Waals surface area contributed by atoms with Crippen LogP contribution < -0.4 is 0 Å². The van der Waals surface area contributed by atoms with Gasteiger partial charge in [0, 0.05) is 11.3 Å². The van der Waals surface area contributed by atoms with Crippen molar-refractivity contribution in [3.63, 3.8) is 0 Å². The molecule has 0 fully saturated rings. The van der Waals surface area contributed by atoms with Crippen molar-refractivity contribution in [2.24, 2.45) is 11.3 Å². The van der Waals surface area contributed by atoms with Crippen LogP contribution in [0.4, 0.5) is 0 Å². The second-order valence-corrected chi connectivity index (χ2v) is 3.42. The van der Waals surface area contributed by atoms with E-state index in [0.717, 1.165) is 0 Å². The average molecular weight is 150 g/mol. The van der Waals surface area contributed by atoms with Gasteiger partial charge < -0.3 is 0 Å². The molecule has 0 saturated carbocycles. The van der Waals surface area contributed by atoms with Crippen LogP contribution in [0, 0.1) is 11.3 Å². The third-order valence-corrected chi connectivity index (χ3v) is 2.56. The van der Waals surface area contributed by atoms with Gasteiger partial charge in [-0.05, 0) is 6.92 Å². The highest BCUT2D eigenvalue weighted by molar-refractivity contribution is 5.79. The number of carbonyl (C=O) groups excluding carboxylic acids is 1. The third kappa shape index (κ3) is 1.42. The smallest absolute Gasteiger partial charge is 0.133 e. The molecule has 0 aromatic heterocycles. The van der Waals surface area contributed by atoms with Crippen molar-refractivity contribution in [1.29, 1.82) is 0 Å². The Balaban J connectivity index is 2.81. The molecule has 1 aliphatic rings. The van der Waals surface area contributed by atoms with Gasteiger partial charge in [0.05, 0.1) is 0 Å². The first-order chi connectivity index (χ1) is 5.06. The molecule has 1 rings (SSSR count). The fraction of sp³-hybridized carbons (Fsp3) is 0.500. The molecule has 60 valence electrons. The molecule has 0 radical (unpaired) electrons. The van der Waals surface area contributed by atoms with E-state index in [2.05, 4.69) is 19.1 Å². The zero-order valence-electron chi connectivity index (χ0n) is 7.29. The summed E-state index contributed by atoms with van der Waals surface area (Å²) in [6, 6.07) is 0. The molecule has 0 aliphatic heterocycles. The van der Waals surface area contributed by atoms with Crippen LogP contribution in [0.25, 0.3) is 0 Å². The van der Waals surface area contributed by atoms with Crippen LogP contribution >= 0.6 is 0 Å². The molecule has 0 bridgehead atoms. The molecule has 0 aromatic carbocycles. The van der Waals surface area contributed by atoms with Gasteiger partial charge in [-0.2, -0.15) is 0 Å². The first-order valence-electron chi connectivity index (χ1n) is 3.94. The lowest BCUT2D eigenvalue weighted by Crippen LogP contribution is -2.24. The number of allylic oxidation sites excluding steroid dienone is 4. The summed E-state index contributed by atoms with van der Waals surface area (Å²) in [5.74, 6) is 0.348.